The predicted molar refractivity (Wildman–Crippen MR) is 121 cm³/mol. The molecule has 3 rings (SSSR count). The van der Waals surface area contributed by atoms with Crippen molar-refractivity contribution in [2.75, 3.05) is 32.8 Å². The molecule has 1 unspecified atom stereocenters. The van der Waals surface area contributed by atoms with Crippen LogP contribution < -0.4 is 10.6 Å². The second-order valence-electron chi connectivity index (χ2n) is 9.18. The molecule has 1 saturated heterocycles. The van der Waals surface area contributed by atoms with Crippen LogP contribution in [-0.4, -0.2) is 70.6 Å². The number of hydrogen-bond acceptors (Lipinski definition) is 5. The van der Waals surface area contributed by atoms with Crippen LogP contribution in [0.4, 0.5) is 0 Å². The summed E-state index contributed by atoms with van der Waals surface area (Å²) in [6.07, 6.45) is 7.58. The number of aryl methyl sites for hydroxylation is 1. The average molecular weight is 420 g/mol. The van der Waals surface area contributed by atoms with Crippen molar-refractivity contribution < 1.29 is 4.74 Å². The Hall–Kier alpha value is -1.67. The van der Waals surface area contributed by atoms with E-state index in [1.165, 1.54) is 38.5 Å². The van der Waals surface area contributed by atoms with E-state index in [0.717, 1.165) is 50.5 Å². The lowest BCUT2D eigenvalue weighted by atomic mass is 9.96. The van der Waals surface area contributed by atoms with Gasteiger partial charge in [0.15, 0.2) is 11.8 Å². The van der Waals surface area contributed by atoms with E-state index in [-0.39, 0.29) is 0 Å². The summed E-state index contributed by atoms with van der Waals surface area (Å²) in [6, 6.07) is 1.00. The highest BCUT2D eigenvalue weighted by Gasteiger charge is 2.23. The molecule has 30 heavy (non-hydrogen) atoms. The number of morpholine rings is 1. The predicted octanol–water partition coefficient (Wildman–Crippen LogP) is 2.24. The molecule has 1 aliphatic carbocycles. The summed E-state index contributed by atoms with van der Waals surface area (Å²) in [5.41, 5.74) is 0. The molecular weight excluding hydrogens is 378 g/mol. The van der Waals surface area contributed by atoms with Crippen LogP contribution in [0.2, 0.25) is 0 Å². The van der Waals surface area contributed by atoms with Crippen LogP contribution in [0.5, 0.6) is 0 Å². The zero-order chi connectivity index (χ0) is 21.3. The number of nitrogens with one attached hydrogen (secondary N) is 2. The van der Waals surface area contributed by atoms with Crippen LogP contribution >= 0.6 is 0 Å². The Bertz CT molecular complexity index is 660. The first-order valence-corrected chi connectivity index (χ1v) is 11.7. The molecule has 0 bridgehead atoms. The summed E-state index contributed by atoms with van der Waals surface area (Å²) in [4.78, 5) is 7.46. The van der Waals surface area contributed by atoms with Crippen molar-refractivity contribution in [2.45, 2.75) is 77.9 Å². The smallest absolute Gasteiger partial charge is 0.191 e. The average Bonchev–Trinajstić information content (AvgIpc) is 3.08. The second-order valence-corrected chi connectivity index (χ2v) is 9.18. The molecule has 1 atom stereocenters. The molecule has 2 heterocycles. The Labute approximate surface area is 181 Å². The topological polar surface area (TPSA) is 79.6 Å². The molecular formula is C22H41N7O. The maximum absolute atomic E-state index is 5.57. The molecule has 170 valence electrons. The molecule has 2 N–H and O–H groups in total. The van der Waals surface area contributed by atoms with Gasteiger partial charge in [-0.05, 0) is 32.1 Å². The van der Waals surface area contributed by atoms with Gasteiger partial charge in [0.2, 0.25) is 0 Å². The molecule has 0 amide bonds. The highest BCUT2D eigenvalue weighted by Crippen LogP contribution is 2.17. The molecule has 0 radical (unpaired) electrons. The van der Waals surface area contributed by atoms with Crippen LogP contribution in [0.25, 0.3) is 0 Å². The molecule has 1 aromatic rings. The fourth-order valence-electron chi connectivity index (χ4n) is 4.39. The SMILES string of the molecule is Cc1nnc(CN=C(NCC(CC(C)C)N2CCOCC2)NC2CCCCC2)n1C. The lowest BCUT2D eigenvalue weighted by Crippen LogP contribution is -2.52. The quantitative estimate of drug-likeness (QED) is 0.497. The van der Waals surface area contributed by atoms with Gasteiger partial charge in [0.1, 0.15) is 12.4 Å². The lowest BCUT2D eigenvalue weighted by Gasteiger charge is -2.36. The third-order valence-electron chi connectivity index (χ3n) is 6.32. The van der Waals surface area contributed by atoms with Crippen molar-refractivity contribution in [1.82, 2.24) is 30.3 Å². The molecule has 1 aromatic heterocycles. The van der Waals surface area contributed by atoms with Gasteiger partial charge in [0.05, 0.1) is 13.2 Å². The van der Waals surface area contributed by atoms with Gasteiger partial charge in [-0.3, -0.25) is 4.90 Å². The first-order chi connectivity index (χ1) is 14.5. The van der Waals surface area contributed by atoms with Crippen LogP contribution in [0.15, 0.2) is 4.99 Å². The Kier molecular flexibility index (Phi) is 8.93. The first kappa shape index (κ1) is 23.0. The fraction of sp³-hybridized carbons (Fsp3) is 0.864. The molecule has 2 fully saturated rings. The Balaban J connectivity index is 1.65. The molecule has 1 aliphatic heterocycles. The maximum atomic E-state index is 5.57. The molecule has 8 heteroatoms. The molecule has 0 spiro atoms. The summed E-state index contributed by atoms with van der Waals surface area (Å²) in [6.45, 7) is 11.7. The number of aromatic nitrogens is 3. The van der Waals surface area contributed by atoms with Crippen LogP contribution in [0.3, 0.4) is 0 Å². The molecule has 1 saturated carbocycles. The second kappa shape index (κ2) is 11.6. The van der Waals surface area contributed by atoms with Crippen molar-refractivity contribution in [1.29, 1.82) is 0 Å². The Morgan fingerprint density at radius 1 is 1.17 bits per heavy atom. The van der Waals surface area contributed by atoms with E-state index in [2.05, 4.69) is 39.6 Å². The first-order valence-electron chi connectivity index (χ1n) is 11.7. The van der Waals surface area contributed by atoms with Crippen molar-refractivity contribution in [3.05, 3.63) is 11.6 Å². The van der Waals surface area contributed by atoms with Gasteiger partial charge in [0.25, 0.3) is 0 Å². The van der Waals surface area contributed by atoms with E-state index >= 15 is 0 Å². The van der Waals surface area contributed by atoms with Crippen molar-refractivity contribution in [2.24, 2.45) is 18.0 Å². The monoisotopic (exact) mass is 419 g/mol. The maximum Gasteiger partial charge on any atom is 0.191 e. The van der Waals surface area contributed by atoms with E-state index in [0.29, 0.717) is 24.5 Å². The van der Waals surface area contributed by atoms with Crippen LogP contribution in [0.1, 0.15) is 64.0 Å². The van der Waals surface area contributed by atoms with Gasteiger partial charge in [0, 0.05) is 38.8 Å². The van der Waals surface area contributed by atoms with Crippen LogP contribution in [-0.2, 0) is 18.3 Å². The Morgan fingerprint density at radius 2 is 1.90 bits per heavy atom. The highest BCUT2D eigenvalue weighted by molar-refractivity contribution is 5.80. The number of hydrogen-bond donors (Lipinski definition) is 2. The number of rotatable bonds is 8. The molecule has 8 nitrogen and oxygen atoms in total. The minimum Gasteiger partial charge on any atom is -0.379 e. The molecule has 2 aliphatic rings. The third kappa shape index (κ3) is 6.94. The van der Waals surface area contributed by atoms with Crippen molar-refractivity contribution in [3.63, 3.8) is 0 Å². The third-order valence-corrected chi connectivity index (χ3v) is 6.32. The fourth-order valence-corrected chi connectivity index (χ4v) is 4.39. The summed E-state index contributed by atoms with van der Waals surface area (Å²) < 4.78 is 7.58. The minimum atomic E-state index is 0.490. The van der Waals surface area contributed by atoms with Gasteiger partial charge < -0.3 is 19.9 Å². The summed E-state index contributed by atoms with van der Waals surface area (Å²) in [5.74, 6) is 3.38. The van der Waals surface area contributed by atoms with Crippen molar-refractivity contribution in [3.8, 4) is 0 Å². The van der Waals surface area contributed by atoms with Crippen LogP contribution in [0, 0.1) is 12.8 Å². The summed E-state index contributed by atoms with van der Waals surface area (Å²) >= 11 is 0. The van der Waals surface area contributed by atoms with Crippen molar-refractivity contribution >= 4 is 5.96 Å². The minimum absolute atomic E-state index is 0.490. The van der Waals surface area contributed by atoms with Gasteiger partial charge in [-0.2, -0.15) is 0 Å². The van der Waals surface area contributed by atoms with Gasteiger partial charge in [-0.1, -0.05) is 33.1 Å². The molecule has 0 aromatic carbocycles. The number of aliphatic imine (C=N–C) groups is 1. The largest absolute Gasteiger partial charge is 0.379 e. The van der Waals surface area contributed by atoms with E-state index in [1.807, 2.05) is 18.5 Å². The van der Waals surface area contributed by atoms with Gasteiger partial charge >= 0.3 is 0 Å². The number of guanidine groups is 1. The van der Waals surface area contributed by atoms with E-state index in [1.54, 1.807) is 0 Å². The van der Waals surface area contributed by atoms with Gasteiger partial charge in [-0.25, -0.2) is 4.99 Å². The summed E-state index contributed by atoms with van der Waals surface area (Å²) in [5, 5.41) is 15.8. The normalized spacial score (nSPS) is 20.5. The van der Waals surface area contributed by atoms with E-state index < -0.39 is 0 Å². The highest BCUT2D eigenvalue weighted by atomic mass is 16.5. The lowest BCUT2D eigenvalue weighted by molar-refractivity contribution is 0.0132. The summed E-state index contributed by atoms with van der Waals surface area (Å²) in [7, 11) is 2.00. The Morgan fingerprint density at radius 3 is 2.53 bits per heavy atom. The number of nitrogens with zero attached hydrogens (tertiary/aromatic N) is 5. The number of ether oxygens (including phenoxy) is 1. The van der Waals surface area contributed by atoms with Gasteiger partial charge in [-0.15, -0.1) is 10.2 Å². The standard InChI is InChI=1S/C22H41N7O/c1-17(2)14-20(29-10-12-30-13-11-29)15-23-22(25-19-8-6-5-7-9-19)24-16-21-27-26-18(3)28(21)4/h17,19-20H,5-16H2,1-4H3,(H2,23,24,25). The van der Waals surface area contributed by atoms with E-state index in [4.69, 9.17) is 9.73 Å². The zero-order valence-corrected chi connectivity index (χ0v) is 19.4. The van der Waals surface area contributed by atoms with E-state index in [9.17, 15) is 0 Å². The zero-order valence-electron chi connectivity index (χ0n) is 19.4.